The van der Waals surface area contributed by atoms with Crippen molar-refractivity contribution in [2.45, 2.75) is 11.4 Å². The van der Waals surface area contributed by atoms with Crippen molar-refractivity contribution in [2.24, 2.45) is 0 Å². The Bertz CT molecular complexity index is 263. The van der Waals surface area contributed by atoms with E-state index >= 15 is 0 Å². The van der Waals surface area contributed by atoms with E-state index in [2.05, 4.69) is 0 Å². The molecule has 7 nitrogen and oxygen atoms in total. The van der Waals surface area contributed by atoms with Crippen molar-refractivity contribution in [1.29, 1.82) is 0 Å². The SMILES string of the molecule is O=C(O)CSC(O)(CC(=O)O)C(=O)O. The number of aliphatic hydroxyl groups is 1. The zero-order valence-corrected chi connectivity index (χ0v) is 7.65. The zero-order chi connectivity index (χ0) is 11.4. The summed E-state index contributed by atoms with van der Waals surface area (Å²) in [6.45, 7) is 0. The van der Waals surface area contributed by atoms with Gasteiger partial charge in [-0.3, -0.25) is 9.59 Å². The van der Waals surface area contributed by atoms with Crippen molar-refractivity contribution in [2.75, 3.05) is 5.75 Å². The Hall–Kier alpha value is -1.28. The van der Waals surface area contributed by atoms with E-state index in [0.717, 1.165) is 0 Å². The number of carbonyl (C=O) groups is 3. The van der Waals surface area contributed by atoms with E-state index in [9.17, 15) is 19.5 Å². The van der Waals surface area contributed by atoms with Crippen molar-refractivity contribution in [3.05, 3.63) is 0 Å². The second-order valence-electron chi connectivity index (χ2n) is 2.34. The molecule has 0 aliphatic heterocycles. The van der Waals surface area contributed by atoms with Crippen LogP contribution in [0, 0.1) is 0 Å². The van der Waals surface area contributed by atoms with Gasteiger partial charge in [-0.1, -0.05) is 0 Å². The third-order valence-electron chi connectivity index (χ3n) is 1.16. The van der Waals surface area contributed by atoms with E-state index in [1.165, 1.54) is 0 Å². The van der Waals surface area contributed by atoms with Crippen LogP contribution in [0.25, 0.3) is 0 Å². The van der Waals surface area contributed by atoms with Gasteiger partial charge < -0.3 is 20.4 Å². The summed E-state index contributed by atoms with van der Waals surface area (Å²) in [4.78, 5) is 28.1. The molecule has 0 aromatic heterocycles. The van der Waals surface area contributed by atoms with Crippen LogP contribution in [0.3, 0.4) is 0 Å². The van der Waals surface area contributed by atoms with Crippen LogP contribution in [0.2, 0.25) is 0 Å². The highest BCUT2D eigenvalue weighted by atomic mass is 32.2. The predicted octanol–water partition coefficient (Wildman–Crippen LogP) is -0.948. The lowest BCUT2D eigenvalue weighted by Crippen LogP contribution is -2.38. The normalized spacial score (nSPS) is 14.4. The third-order valence-corrected chi connectivity index (χ3v) is 2.35. The minimum Gasteiger partial charge on any atom is -0.481 e. The van der Waals surface area contributed by atoms with Gasteiger partial charge in [-0.2, -0.15) is 0 Å². The molecule has 0 bridgehead atoms. The summed E-state index contributed by atoms with van der Waals surface area (Å²) in [6.07, 6.45) is -1.06. The van der Waals surface area contributed by atoms with Crippen molar-refractivity contribution >= 4 is 29.7 Å². The molecule has 0 spiro atoms. The van der Waals surface area contributed by atoms with Crippen LogP contribution in [-0.4, -0.2) is 49.0 Å². The Morgan fingerprint density at radius 2 is 1.57 bits per heavy atom. The van der Waals surface area contributed by atoms with Crippen LogP contribution in [0.1, 0.15) is 6.42 Å². The topological polar surface area (TPSA) is 132 Å². The summed E-state index contributed by atoms with van der Waals surface area (Å²) >= 11 is 0.144. The fourth-order valence-corrected chi connectivity index (χ4v) is 1.29. The van der Waals surface area contributed by atoms with Crippen LogP contribution >= 0.6 is 11.8 Å². The molecule has 0 rings (SSSR count). The maximum absolute atomic E-state index is 10.4. The number of rotatable bonds is 6. The molecule has 0 amide bonds. The van der Waals surface area contributed by atoms with Gasteiger partial charge in [0.2, 0.25) is 4.93 Å². The molecule has 0 aromatic carbocycles. The van der Waals surface area contributed by atoms with E-state index in [-0.39, 0.29) is 11.8 Å². The number of thioether (sulfide) groups is 1. The Labute approximate surface area is 82.3 Å². The Morgan fingerprint density at radius 3 is 1.86 bits per heavy atom. The van der Waals surface area contributed by atoms with Gasteiger partial charge in [-0.05, 0) is 0 Å². The summed E-state index contributed by atoms with van der Waals surface area (Å²) in [6, 6.07) is 0. The minimum absolute atomic E-state index is 0.144. The second kappa shape index (κ2) is 4.82. The molecule has 0 saturated carbocycles. The molecule has 80 valence electrons. The average molecular weight is 224 g/mol. The van der Waals surface area contributed by atoms with E-state index in [4.69, 9.17) is 15.3 Å². The Morgan fingerprint density at radius 1 is 1.07 bits per heavy atom. The number of carboxylic acids is 3. The smallest absolute Gasteiger partial charge is 0.347 e. The quantitative estimate of drug-likeness (QED) is 0.424. The first-order valence-corrected chi connectivity index (χ1v) is 4.30. The van der Waals surface area contributed by atoms with Gasteiger partial charge in [0, 0.05) is 0 Å². The molecule has 1 unspecified atom stereocenters. The fourth-order valence-electron chi connectivity index (χ4n) is 0.574. The molecule has 0 aliphatic carbocycles. The van der Waals surface area contributed by atoms with Crippen molar-refractivity contribution in [3.8, 4) is 0 Å². The van der Waals surface area contributed by atoms with Gasteiger partial charge in [0.15, 0.2) is 0 Å². The minimum atomic E-state index is -2.59. The maximum atomic E-state index is 10.4. The van der Waals surface area contributed by atoms with Crippen LogP contribution in [0.4, 0.5) is 0 Å². The highest BCUT2D eigenvalue weighted by molar-refractivity contribution is 8.01. The molecule has 0 saturated heterocycles. The van der Waals surface area contributed by atoms with Crippen LogP contribution in [0.5, 0.6) is 0 Å². The lowest BCUT2D eigenvalue weighted by molar-refractivity contribution is -0.156. The molecule has 0 aromatic rings. The molecule has 1 atom stereocenters. The van der Waals surface area contributed by atoms with Gasteiger partial charge in [0.1, 0.15) is 0 Å². The Kier molecular flexibility index (Phi) is 4.38. The highest BCUT2D eigenvalue weighted by Crippen LogP contribution is 2.26. The molecule has 0 radical (unpaired) electrons. The van der Waals surface area contributed by atoms with E-state index in [1.54, 1.807) is 0 Å². The lowest BCUT2D eigenvalue weighted by Gasteiger charge is -2.19. The van der Waals surface area contributed by atoms with Crippen molar-refractivity contribution in [1.82, 2.24) is 0 Å². The van der Waals surface area contributed by atoms with E-state index in [1.807, 2.05) is 0 Å². The molecule has 0 fully saturated rings. The summed E-state index contributed by atoms with van der Waals surface area (Å²) in [7, 11) is 0. The van der Waals surface area contributed by atoms with Gasteiger partial charge in [-0.15, -0.1) is 11.8 Å². The molecule has 0 heterocycles. The third kappa shape index (κ3) is 4.10. The molecular formula is C6H8O7S. The van der Waals surface area contributed by atoms with Crippen LogP contribution < -0.4 is 0 Å². The monoisotopic (exact) mass is 224 g/mol. The summed E-state index contributed by atoms with van der Waals surface area (Å²) < 4.78 is 0. The first-order chi connectivity index (χ1) is 6.28. The van der Waals surface area contributed by atoms with E-state index < -0.39 is 35.0 Å². The predicted molar refractivity (Wildman–Crippen MR) is 44.9 cm³/mol. The van der Waals surface area contributed by atoms with Gasteiger partial charge in [0.25, 0.3) is 0 Å². The van der Waals surface area contributed by atoms with E-state index in [0.29, 0.717) is 0 Å². The van der Waals surface area contributed by atoms with Crippen LogP contribution in [-0.2, 0) is 14.4 Å². The molecule has 4 N–H and O–H groups in total. The highest BCUT2D eigenvalue weighted by Gasteiger charge is 2.39. The number of hydrogen-bond acceptors (Lipinski definition) is 5. The van der Waals surface area contributed by atoms with Gasteiger partial charge in [0.05, 0.1) is 12.2 Å². The first kappa shape index (κ1) is 12.7. The molecule has 8 heteroatoms. The van der Waals surface area contributed by atoms with Crippen LogP contribution in [0.15, 0.2) is 0 Å². The van der Waals surface area contributed by atoms with Gasteiger partial charge in [-0.25, -0.2) is 4.79 Å². The number of hydrogen-bond donors (Lipinski definition) is 4. The second-order valence-corrected chi connectivity index (χ2v) is 3.60. The Balaban J connectivity index is 4.47. The van der Waals surface area contributed by atoms with Gasteiger partial charge >= 0.3 is 17.9 Å². The zero-order valence-electron chi connectivity index (χ0n) is 6.84. The van der Waals surface area contributed by atoms with Crippen molar-refractivity contribution < 1.29 is 34.8 Å². The average Bonchev–Trinajstić information content (AvgIpc) is 1.99. The summed E-state index contributed by atoms with van der Waals surface area (Å²) in [5.74, 6) is -5.31. The molecule has 14 heavy (non-hydrogen) atoms. The lowest BCUT2D eigenvalue weighted by atomic mass is 10.2. The standard InChI is InChI=1S/C6H8O7S/c7-3(8)1-6(13,5(11)12)14-2-4(9)10/h13H,1-2H2,(H,7,8)(H,9,10)(H,11,12). The van der Waals surface area contributed by atoms with Crippen molar-refractivity contribution in [3.63, 3.8) is 0 Å². The largest absolute Gasteiger partial charge is 0.481 e. The number of aliphatic carboxylic acids is 3. The first-order valence-electron chi connectivity index (χ1n) is 3.31. The molecular weight excluding hydrogens is 216 g/mol. The summed E-state index contributed by atoms with van der Waals surface area (Å²) in [5, 5.41) is 34.2. The molecule has 0 aliphatic rings. The summed E-state index contributed by atoms with van der Waals surface area (Å²) in [5.41, 5.74) is 0. The number of carboxylic acid groups (broad SMARTS) is 3. The fraction of sp³-hybridized carbons (Fsp3) is 0.500. The maximum Gasteiger partial charge on any atom is 0.347 e.